The molecule has 0 aliphatic rings. The van der Waals surface area contributed by atoms with Crippen molar-refractivity contribution in [1.29, 1.82) is 0 Å². The van der Waals surface area contributed by atoms with E-state index < -0.39 is 5.97 Å². The maximum atomic E-state index is 10.8. The van der Waals surface area contributed by atoms with Crippen molar-refractivity contribution in [2.24, 2.45) is 0 Å². The second-order valence-corrected chi connectivity index (χ2v) is 6.80. The predicted molar refractivity (Wildman–Crippen MR) is 110 cm³/mol. The Labute approximate surface area is 160 Å². The molecule has 0 amide bonds. The summed E-state index contributed by atoms with van der Waals surface area (Å²) in [5.74, 6) is -0.889. The van der Waals surface area contributed by atoms with Gasteiger partial charge in [0.2, 0.25) is 0 Å². The summed E-state index contributed by atoms with van der Waals surface area (Å²) in [5.41, 5.74) is 2.42. The van der Waals surface area contributed by atoms with Gasteiger partial charge in [-0.25, -0.2) is 4.79 Å². The molecule has 26 heavy (non-hydrogen) atoms. The molecule has 0 fully saturated rings. The number of carboxylic acid groups (broad SMARTS) is 1. The van der Waals surface area contributed by atoms with Crippen LogP contribution >= 0.6 is 11.6 Å². The van der Waals surface area contributed by atoms with E-state index in [1.165, 1.54) is 32.1 Å². The first-order chi connectivity index (χ1) is 12.6. The predicted octanol–water partition coefficient (Wildman–Crippen LogP) is 5.90. The van der Waals surface area contributed by atoms with Crippen LogP contribution < -0.4 is 10.6 Å². The van der Waals surface area contributed by atoms with E-state index in [-0.39, 0.29) is 0 Å². The van der Waals surface area contributed by atoms with E-state index in [2.05, 4.69) is 10.6 Å². The SMILES string of the molecule is O=C(O)c1ccc(NCCCCCCCCNc2ccc(Cl)cc2)cc1. The second kappa shape index (κ2) is 11.4. The molecule has 5 heteroatoms. The molecule has 2 aromatic rings. The maximum absolute atomic E-state index is 10.8. The number of carbonyl (C=O) groups is 1. The molecular weight excluding hydrogens is 348 g/mol. The van der Waals surface area contributed by atoms with Crippen molar-refractivity contribution < 1.29 is 9.90 Å². The van der Waals surface area contributed by atoms with E-state index in [9.17, 15) is 4.79 Å². The van der Waals surface area contributed by atoms with E-state index >= 15 is 0 Å². The molecule has 140 valence electrons. The molecule has 0 saturated carbocycles. The van der Waals surface area contributed by atoms with Crippen LogP contribution in [-0.4, -0.2) is 24.2 Å². The third kappa shape index (κ3) is 7.79. The molecule has 0 unspecified atom stereocenters. The molecule has 0 spiro atoms. The van der Waals surface area contributed by atoms with Gasteiger partial charge in [0.15, 0.2) is 0 Å². The Kier molecular flexibility index (Phi) is 8.84. The lowest BCUT2D eigenvalue weighted by molar-refractivity contribution is 0.0697. The molecule has 4 nitrogen and oxygen atoms in total. The van der Waals surface area contributed by atoms with Crippen molar-refractivity contribution in [3.05, 3.63) is 59.1 Å². The third-order valence-corrected chi connectivity index (χ3v) is 4.49. The zero-order valence-corrected chi connectivity index (χ0v) is 15.8. The first-order valence-electron chi connectivity index (χ1n) is 9.22. The summed E-state index contributed by atoms with van der Waals surface area (Å²) >= 11 is 5.87. The number of hydrogen-bond donors (Lipinski definition) is 3. The lowest BCUT2D eigenvalue weighted by atomic mass is 10.1. The summed E-state index contributed by atoms with van der Waals surface area (Å²) in [7, 11) is 0. The number of halogens is 1. The standard InChI is InChI=1S/C21H27ClN2O2/c22-18-9-13-20(14-10-18)24-16-6-4-2-1-3-5-15-23-19-11-7-17(8-12-19)21(25)26/h7-14,23-24H,1-6,15-16H2,(H,25,26). The quantitative estimate of drug-likeness (QED) is 0.404. The van der Waals surface area contributed by atoms with Gasteiger partial charge in [0.25, 0.3) is 0 Å². The van der Waals surface area contributed by atoms with E-state index in [0.717, 1.165) is 35.9 Å². The van der Waals surface area contributed by atoms with E-state index in [4.69, 9.17) is 16.7 Å². The number of nitrogens with one attached hydrogen (secondary N) is 2. The van der Waals surface area contributed by atoms with Crippen LogP contribution in [0.4, 0.5) is 11.4 Å². The van der Waals surface area contributed by atoms with Crippen LogP contribution in [0.5, 0.6) is 0 Å². The summed E-state index contributed by atoms with van der Waals surface area (Å²) in [6.07, 6.45) is 7.27. The third-order valence-electron chi connectivity index (χ3n) is 4.24. The zero-order chi connectivity index (χ0) is 18.6. The Morgan fingerprint density at radius 3 is 1.62 bits per heavy atom. The first-order valence-corrected chi connectivity index (χ1v) is 9.59. The Hall–Kier alpha value is -2.20. The molecule has 0 saturated heterocycles. The lowest BCUT2D eigenvalue weighted by Crippen LogP contribution is -2.03. The Morgan fingerprint density at radius 2 is 1.15 bits per heavy atom. The van der Waals surface area contributed by atoms with Crippen LogP contribution in [0.1, 0.15) is 48.9 Å². The molecule has 0 heterocycles. The molecular formula is C21H27ClN2O2. The van der Waals surface area contributed by atoms with Crippen LogP contribution in [0.15, 0.2) is 48.5 Å². The molecule has 0 radical (unpaired) electrons. The largest absolute Gasteiger partial charge is 0.478 e. The fourth-order valence-electron chi connectivity index (χ4n) is 2.72. The number of rotatable bonds is 12. The van der Waals surface area contributed by atoms with Gasteiger partial charge in [0.1, 0.15) is 0 Å². The van der Waals surface area contributed by atoms with Crippen molar-refractivity contribution in [1.82, 2.24) is 0 Å². The van der Waals surface area contributed by atoms with Gasteiger partial charge in [-0.1, -0.05) is 37.3 Å². The molecule has 0 atom stereocenters. The van der Waals surface area contributed by atoms with Crippen molar-refractivity contribution >= 4 is 28.9 Å². The molecule has 2 rings (SSSR count). The first kappa shape index (κ1) is 20.1. The van der Waals surface area contributed by atoms with Crippen LogP contribution in [0, 0.1) is 0 Å². The fourth-order valence-corrected chi connectivity index (χ4v) is 2.85. The molecule has 2 aromatic carbocycles. The number of carboxylic acids is 1. The van der Waals surface area contributed by atoms with Crippen molar-refractivity contribution in [2.45, 2.75) is 38.5 Å². The van der Waals surface area contributed by atoms with Gasteiger partial charge in [0, 0.05) is 29.5 Å². The second-order valence-electron chi connectivity index (χ2n) is 6.36. The summed E-state index contributed by atoms with van der Waals surface area (Å²) in [5, 5.41) is 16.4. The van der Waals surface area contributed by atoms with Gasteiger partial charge in [-0.3, -0.25) is 0 Å². The lowest BCUT2D eigenvalue weighted by Gasteiger charge is -2.07. The minimum absolute atomic E-state index is 0.320. The average molecular weight is 375 g/mol. The van der Waals surface area contributed by atoms with Gasteiger partial charge in [-0.2, -0.15) is 0 Å². The zero-order valence-electron chi connectivity index (χ0n) is 15.0. The highest BCUT2D eigenvalue weighted by atomic mass is 35.5. The molecule has 3 N–H and O–H groups in total. The number of hydrogen-bond acceptors (Lipinski definition) is 3. The van der Waals surface area contributed by atoms with Gasteiger partial charge in [-0.15, -0.1) is 0 Å². The van der Waals surface area contributed by atoms with Crippen LogP contribution in [0.2, 0.25) is 5.02 Å². The Balaban J connectivity index is 1.43. The number of aromatic carboxylic acids is 1. The summed E-state index contributed by atoms with van der Waals surface area (Å²) in [6, 6.07) is 14.7. The topological polar surface area (TPSA) is 61.4 Å². The molecule has 0 bridgehead atoms. The Morgan fingerprint density at radius 1 is 0.731 bits per heavy atom. The fraction of sp³-hybridized carbons (Fsp3) is 0.381. The van der Waals surface area contributed by atoms with Gasteiger partial charge >= 0.3 is 5.97 Å². The Bertz CT molecular complexity index is 657. The van der Waals surface area contributed by atoms with Crippen LogP contribution in [-0.2, 0) is 0 Å². The number of unbranched alkanes of at least 4 members (excludes halogenated alkanes) is 5. The highest BCUT2D eigenvalue weighted by Gasteiger charge is 2.01. The minimum Gasteiger partial charge on any atom is -0.478 e. The summed E-state index contributed by atoms with van der Waals surface area (Å²) in [6.45, 7) is 1.92. The number of anilines is 2. The smallest absolute Gasteiger partial charge is 0.335 e. The van der Waals surface area contributed by atoms with Crippen LogP contribution in [0.3, 0.4) is 0 Å². The molecule has 0 aliphatic carbocycles. The van der Waals surface area contributed by atoms with E-state index in [1.807, 2.05) is 36.4 Å². The molecule has 0 aromatic heterocycles. The van der Waals surface area contributed by atoms with Gasteiger partial charge in [-0.05, 0) is 61.4 Å². The van der Waals surface area contributed by atoms with Crippen molar-refractivity contribution in [3.8, 4) is 0 Å². The molecule has 0 aliphatic heterocycles. The average Bonchev–Trinajstić information content (AvgIpc) is 2.65. The number of benzene rings is 2. The van der Waals surface area contributed by atoms with Crippen LogP contribution in [0.25, 0.3) is 0 Å². The highest BCUT2D eigenvalue weighted by molar-refractivity contribution is 6.30. The maximum Gasteiger partial charge on any atom is 0.335 e. The summed E-state index contributed by atoms with van der Waals surface area (Å²) < 4.78 is 0. The normalized spacial score (nSPS) is 10.5. The van der Waals surface area contributed by atoms with Gasteiger partial charge < -0.3 is 15.7 Å². The minimum atomic E-state index is -0.889. The van der Waals surface area contributed by atoms with Gasteiger partial charge in [0.05, 0.1) is 5.56 Å². The summed E-state index contributed by atoms with van der Waals surface area (Å²) in [4.78, 5) is 10.8. The van der Waals surface area contributed by atoms with E-state index in [1.54, 1.807) is 12.1 Å². The monoisotopic (exact) mass is 374 g/mol. The van der Waals surface area contributed by atoms with E-state index in [0.29, 0.717) is 5.56 Å². The van der Waals surface area contributed by atoms with Crippen molar-refractivity contribution in [2.75, 3.05) is 23.7 Å². The highest BCUT2D eigenvalue weighted by Crippen LogP contribution is 2.14. The van der Waals surface area contributed by atoms with Crippen molar-refractivity contribution in [3.63, 3.8) is 0 Å².